The third-order valence-corrected chi connectivity index (χ3v) is 20.0. The Bertz CT molecular complexity index is 3200. The van der Waals surface area contributed by atoms with E-state index in [2.05, 4.69) is 285 Å². The molecule has 3 nitrogen and oxygen atoms in total. The smallest absolute Gasteiger partial charge is 0.131 e. The van der Waals surface area contributed by atoms with E-state index < -0.39 is 21.6 Å². The predicted molar refractivity (Wildman–Crippen MR) is 312 cm³/mol. The van der Waals surface area contributed by atoms with Crippen molar-refractivity contribution in [2.45, 2.75) is 103 Å². The van der Waals surface area contributed by atoms with E-state index in [1.807, 2.05) is 0 Å². The number of rotatable bonds is 8. The summed E-state index contributed by atoms with van der Waals surface area (Å²) in [6.45, 7) is 28.4. The number of nitrogens with zero attached hydrogens (tertiary/aromatic N) is 2. The second-order valence-electron chi connectivity index (χ2n) is 24.7. The topological polar surface area (TPSA) is 15.7 Å². The minimum atomic E-state index is -1.57. The van der Waals surface area contributed by atoms with Crippen molar-refractivity contribution in [2.24, 2.45) is 5.92 Å². The molecule has 5 heteroatoms. The fraction of sp³-hybridized carbons (Fsp3) is 0.254. The van der Waals surface area contributed by atoms with Crippen molar-refractivity contribution in [3.63, 3.8) is 0 Å². The van der Waals surface area contributed by atoms with Gasteiger partial charge in [-0.05, 0) is 111 Å². The third-order valence-electron chi connectivity index (χ3n) is 15.9. The Balaban J connectivity index is 1.19. The summed E-state index contributed by atoms with van der Waals surface area (Å²) in [7, 11) is -3.12. The highest BCUT2D eigenvalue weighted by molar-refractivity contribution is 6.89. The third kappa shape index (κ3) is 8.00. The van der Waals surface area contributed by atoms with E-state index in [4.69, 9.17) is 4.74 Å². The van der Waals surface area contributed by atoms with E-state index in [1.54, 1.807) is 0 Å². The van der Waals surface area contributed by atoms with Crippen LogP contribution >= 0.6 is 0 Å². The van der Waals surface area contributed by atoms with Crippen molar-refractivity contribution in [1.82, 2.24) is 0 Å². The van der Waals surface area contributed by atoms with Gasteiger partial charge < -0.3 is 14.5 Å². The zero-order valence-electron chi connectivity index (χ0n) is 44.4. The van der Waals surface area contributed by atoms with Crippen molar-refractivity contribution >= 4 is 60.7 Å². The fourth-order valence-corrected chi connectivity index (χ4v) is 14.3. The molecule has 0 aromatic heterocycles. The molecule has 0 saturated carbocycles. The number of anilines is 5. The van der Waals surface area contributed by atoms with E-state index in [1.165, 1.54) is 60.6 Å². The maximum Gasteiger partial charge on any atom is 0.131 e. The number of hydrogen-bond acceptors (Lipinski definition) is 3. The molecule has 3 aliphatic rings. The monoisotopic (exact) mass is 975 g/mol. The molecule has 2 atom stereocenters. The summed E-state index contributed by atoms with van der Waals surface area (Å²) in [5.74, 6) is 1.86. The van der Waals surface area contributed by atoms with Crippen LogP contribution in [0.2, 0.25) is 39.3 Å². The standard InChI is InChI=1S/C67H70N2OSi2/c1-65(2,3)45-25-29-47(30-26-45)68(48-33-38-52(39-34-48)71(7,8)9)51-37-42-56-59(43-51)67(57-21-15-17-23-62(57)70-63-24-18-16-22-58(63)67)60-44-61(54-19-13-14-20-55(54)64(56)60)69(49-31-27-46(28-32-49)66(4,5)6)50-35-40-53(41-36-50)72(10,11)12/h13-44,60,64H,1-12H3. The number of hydrogen-bond donors (Lipinski definition) is 0. The van der Waals surface area contributed by atoms with Gasteiger partial charge in [0.1, 0.15) is 11.5 Å². The van der Waals surface area contributed by atoms with E-state index >= 15 is 0 Å². The number of benzene rings is 8. The summed E-state index contributed by atoms with van der Waals surface area (Å²) in [6.07, 6.45) is 2.66. The van der Waals surface area contributed by atoms with Gasteiger partial charge in [-0.25, -0.2) is 0 Å². The first-order chi connectivity index (χ1) is 34.2. The largest absolute Gasteiger partial charge is 0.457 e. The molecule has 1 spiro atoms. The molecular formula is C67H70N2OSi2. The second kappa shape index (κ2) is 17.2. The number of fused-ring (bicyclic) bond motifs is 11. The zero-order valence-corrected chi connectivity index (χ0v) is 46.4. The molecule has 8 aromatic rings. The summed E-state index contributed by atoms with van der Waals surface area (Å²) in [6, 6.07) is 71.9. The molecule has 362 valence electrons. The lowest BCUT2D eigenvalue weighted by molar-refractivity contribution is 0.371. The Morgan fingerprint density at radius 1 is 0.417 bits per heavy atom. The van der Waals surface area contributed by atoms with Crippen LogP contribution in [0.4, 0.5) is 28.4 Å². The van der Waals surface area contributed by atoms with Gasteiger partial charge in [-0.3, -0.25) is 0 Å². The molecule has 0 radical (unpaired) electrons. The van der Waals surface area contributed by atoms with Crippen LogP contribution in [-0.2, 0) is 16.2 Å². The van der Waals surface area contributed by atoms with Crippen molar-refractivity contribution in [1.29, 1.82) is 0 Å². The first kappa shape index (κ1) is 47.6. The molecule has 0 saturated heterocycles. The number of ether oxygens (including phenoxy) is 1. The van der Waals surface area contributed by atoms with Crippen LogP contribution < -0.4 is 24.9 Å². The molecule has 8 aromatic carbocycles. The molecule has 0 amide bonds. The van der Waals surface area contributed by atoms with E-state index in [0.717, 1.165) is 39.9 Å². The van der Waals surface area contributed by atoms with Gasteiger partial charge in [-0.2, -0.15) is 0 Å². The molecule has 1 heterocycles. The van der Waals surface area contributed by atoms with Crippen molar-refractivity contribution in [3.8, 4) is 11.5 Å². The summed E-state index contributed by atoms with van der Waals surface area (Å²) < 4.78 is 6.98. The van der Waals surface area contributed by atoms with Crippen LogP contribution in [0, 0.1) is 5.92 Å². The molecule has 2 aliphatic carbocycles. The summed E-state index contributed by atoms with van der Waals surface area (Å²) >= 11 is 0. The Morgan fingerprint density at radius 3 is 1.31 bits per heavy atom. The van der Waals surface area contributed by atoms with Crippen LogP contribution in [0.5, 0.6) is 11.5 Å². The summed E-state index contributed by atoms with van der Waals surface area (Å²) in [5, 5.41) is 2.91. The molecule has 0 N–H and O–H groups in total. The Hall–Kier alpha value is -6.67. The summed E-state index contributed by atoms with van der Waals surface area (Å²) in [4.78, 5) is 5.03. The minimum Gasteiger partial charge on any atom is -0.457 e. The van der Waals surface area contributed by atoms with Crippen LogP contribution in [0.15, 0.2) is 194 Å². The average Bonchev–Trinajstić information content (AvgIpc) is 3.63. The molecule has 0 fully saturated rings. The normalized spacial score (nSPS) is 16.6. The molecule has 11 rings (SSSR count). The van der Waals surface area contributed by atoms with Crippen LogP contribution in [0.25, 0.3) is 5.70 Å². The number of allylic oxidation sites excluding steroid dienone is 1. The zero-order chi connectivity index (χ0) is 50.5. The average molecular weight is 975 g/mol. The maximum atomic E-state index is 6.98. The number of para-hydroxylation sites is 2. The molecule has 2 unspecified atom stereocenters. The van der Waals surface area contributed by atoms with E-state index in [0.29, 0.717) is 0 Å². The minimum absolute atomic E-state index is 0.0213. The molecular weight excluding hydrogens is 905 g/mol. The molecule has 72 heavy (non-hydrogen) atoms. The predicted octanol–water partition coefficient (Wildman–Crippen LogP) is 17.2. The van der Waals surface area contributed by atoms with E-state index in [9.17, 15) is 0 Å². The Morgan fingerprint density at radius 2 is 0.833 bits per heavy atom. The van der Waals surface area contributed by atoms with Crippen molar-refractivity contribution < 1.29 is 4.74 Å². The van der Waals surface area contributed by atoms with Gasteiger partial charge in [0.25, 0.3) is 0 Å². The molecule has 1 aliphatic heterocycles. The lowest BCUT2D eigenvalue weighted by atomic mass is 9.60. The van der Waals surface area contributed by atoms with Gasteiger partial charge in [-0.15, -0.1) is 0 Å². The Kier molecular flexibility index (Phi) is 11.4. The van der Waals surface area contributed by atoms with Gasteiger partial charge in [0.05, 0.1) is 27.3 Å². The highest BCUT2D eigenvalue weighted by Gasteiger charge is 2.59. The SMILES string of the molecule is CC(C)(C)c1ccc(N(C2=CC3C(c4ccccc42)c2ccc(N(c4ccc(C(C)(C)C)cc4)c4ccc([Si](C)(C)C)cc4)cc2C32c3ccccc3Oc3ccccc32)c2ccc([Si](C)(C)C)cc2)cc1. The van der Waals surface area contributed by atoms with Gasteiger partial charge in [0.2, 0.25) is 0 Å². The van der Waals surface area contributed by atoms with Crippen molar-refractivity contribution in [3.05, 3.63) is 239 Å². The quantitative estimate of drug-likeness (QED) is 0.141. The van der Waals surface area contributed by atoms with Crippen LogP contribution in [0.3, 0.4) is 0 Å². The van der Waals surface area contributed by atoms with Gasteiger partial charge in [0, 0.05) is 57.0 Å². The van der Waals surface area contributed by atoms with Crippen molar-refractivity contribution in [2.75, 3.05) is 9.80 Å². The molecule has 0 bridgehead atoms. The lowest BCUT2D eigenvalue weighted by Gasteiger charge is -2.45. The van der Waals surface area contributed by atoms with Gasteiger partial charge in [0.15, 0.2) is 0 Å². The maximum absolute atomic E-state index is 6.98. The summed E-state index contributed by atoms with van der Waals surface area (Å²) in [5.41, 5.74) is 16.7. The first-order valence-corrected chi connectivity index (χ1v) is 33.1. The highest BCUT2D eigenvalue weighted by atomic mass is 28.3. The highest BCUT2D eigenvalue weighted by Crippen LogP contribution is 2.67. The van der Waals surface area contributed by atoms with Crippen LogP contribution in [-0.4, -0.2) is 16.1 Å². The van der Waals surface area contributed by atoms with Gasteiger partial charge in [-0.1, -0.05) is 213 Å². The Labute approximate surface area is 431 Å². The second-order valence-corrected chi connectivity index (χ2v) is 34.8. The first-order valence-electron chi connectivity index (χ1n) is 26.1. The van der Waals surface area contributed by atoms with Gasteiger partial charge >= 0.3 is 0 Å². The van der Waals surface area contributed by atoms with E-state index in [-0.39, 0.29) is 22.7 Å². The van der Waals surface area contributed by atoms with Crippen LogP contribution in [0.1, 0.15) is 92.0 Å². The fourth-order valence-electron chi connectivity index (χ4n) is 11.9. The lowest BCUT2D eigenvalue weighted by Crippen LogP contribution is -2.39.